The summed E-state index contributed by atoms with van der Waals surface area (Å²) < 4.78 is 11.9. The fraction of sp³-hybridized carbons (Fsp3) is 0.462. The van der Waals surface area contributed by atoms with E-state index in [0.29, 0.717) is 31.5 Å². The van der Waals surface area contributed by atoms with E-state index in [0.717, 1.165) is 53.4 Å². The van der Waals surface area contributed by atoms with Crippen molar-refractivity contribution in [3.05, 3.63) is 53.1 Å². The highest BCUT2D eigenvalue weighted by Gasteiger charge is 2.36. The van der Waals surface area contributed by atoms with Crippen LogP contribution in [-0.4, -0.2) is 70.2 Å². The van der Waals surface area contributed by atoms with Crippen molar-refractivity contribution in [3.63, 3.8) is 0 Å². The predicted molar refractivity (Wildman–Crippen MR) is 132 cm³/mol. The molecule has 0 bridgehead atoms. The van der Waals surface area contributed by atoms with Crippen molar-refractivity contribution >= 4 is 5.71 Å². The highest BCUT2D eigenvalue weighted by molar-refractivity contribution is 6.15. The Hall–Kier alpha value is -3.26. The standard InChI is InChI=1S/C26H32N6O2/c1-5-32-29-26(28-30-32)18-10-8-17(9-11-18)25-20-15-24(34-7-3)23(33-6-2)14-19(20)21-16-31(4)13-12-22(21)27-25/h8-11,14-15,21-22H,5-7,12-13,16H2,1-4H3. The van der Waals surface area contributed by atoms with Crippen LogP contribution in [-0.2, 0) is 6.54 Å². The number of nitrogens with zero attached hydrogens (tertiary/aromatic N) is 6. The maximum atomic E-state index is 5.98. The second-order valence-corrected chi connectivity index (χ2v) is 8.83. The van der Waals surface area contributed by atoms with Gasteiger partial charge in [0.15, 0.2) is 11.5 Å². The van der Waals surface area contributed by atoms with Gasteiger partial charge in [0.1, 0.15) is 0 Å². The summed E-state index contributed by atoms with van der Waals surface area (Å²) in [5.74, 6) is 2.57. The van der Waals surface area contributed by atoms with Crippen LogP contribution < -0.4 is 9.47 Å². The van der Waals surface area contributed by atoms with Crippen molar-refractivity contribution in [2.45, 2.75) is 45.7 Å². The molecule has 0 spiro atoms. The molecule has 8 nitrogen and oxygen atoms in total. The minimum Gasteiger partial charge on any atom is -0.490 e. The van der Waals surface area contributed by atoms with Crippen molar-refractivity contribution in [1.29, 1.82) is 0 Å². The van der Waals surface area contributed by atoms with Crippen molar-refractivity contribution in [1.82, 2.24) is 25.1 Å². The summed E-state index contributed by atoms with van der Waals surface area (Å²) in [6, 6.07) is 12.9. The highest BCUT2D eigenvalue weighted by Crippen LogP contribution is 2.42. The van der Waals surface area contributed by atoms with Gasteiger partial charge in [0.05, 0.1) is 31.5 Å². The molecule has 1 fully saturated rings. The first-order chi connectivity index (χ1) is 16.6. The molecule has 5 rings (SSSR count). The fourth-order valence-electron chi connectivity index (χ4n) is 4.92. The maximum Gasteiger partial charge on any atom is 0.204 e. The van der Waals surface area contributed by atoms with E-state index in [2.05, 4.69) is 51.6 Å². The van der Waals surface area contributed by atoms with Crippen molar-refractivity contribution in [3.8, 4) is 22.9 Å². The maximum absolute atomic E-state index is 5.98. The third-order valence-electron chi connectivity index (χ3n) is 6.60. The Balaban J connectivity index is 1.57. The quantitative estimate of drug-likeness (QED) is 0.534. The normalized spacial score (nSPS) is 19.8. The van der Waals surface area contributed by atoms with Gasteiger partial charge in [0.25, 0.3) is 0 Å². The minimum atomic E-state index is 0.261. The Kier molecular flexibility index (Phi) is 6.32. The Morgan fingerprint density at radius 1 is 0.971 bits per heavy atom. The van der Waals surface area contributed by atoms with Gasteiger partial charge in [-0.15, -0.1) is 10.2 Å². The molecule has 2 unspecified atom stereocenters. The summed E-state index contributed by atoms with van der Waals surface area (Å²) in [6.45, 7) is 9.93. The number of aromatic nitrogens is 4. The fourth-order valence-corrected chi connectivity index (χ4v) is 4.92. The van der Waals surface area contributed by atoms with Gasteiger partial charge in [-0.3, -0.25) is 4.99 Å². The molecule has 178 valence electrons. The van der Waals surface area contributed by atoms with Crippen LogP contribution in [0.25, 0.3) is 11.4 Å². The van der Waals surface area contributed by atoms with E-state index >= 15 is 0 Å². The molecule has 0 amide bonds. The SMILES string of the molecule is CCOc1cc2c(cc1OCC)C1CN(C)CCC1N=C2c1ccc(-c2nnn(CC)n2)cc1. The zero-order valence-electron chi connectivity index (χ0n) is 20.4. The van der Waals surface area contributed by atoms with Crippen LogP contribution in [0.3, 0.4) is 0 Å². The number of piperidine rings is 1. The zero-order chi connectivity index (χ0) is 23.7. The van der Waals surface area contributed by atoms with Crippen LogP contribution in [0, 0.1) is 0 Å². The largest absolute Gasteiger partial charge is 0.490 e. The molecule has 2 atom stereocenters. The third-order valence-corrected chi connectivity index (χ3v) is 6.60. The van der Waals surface area contributed by atoms with Crippen LogP contribution in [0.2, 0.25) is 0 Å². The summed E-state index contributed by atoms with van der Waals surface area (Å²) in [4.78, 5) is 9.28. The number of rotatable bonds is 7. The summed E-state index contributed by atoms with van der Waals surface area (Å²) in [5, 5.41) is 12.7. The van der Waals surface area contributed by atoms with Crippen LogP contribution >= 0.6 is 0 Å². The number of tetrazole rings is 1. The molecule has 0 N–H and O–H groups in total. The first-order valence-corrected chi connectivity index (χ1v) is 12.2. The van der Waals surface area contributed by atoms with E-state index in [-0.39, 0.29) is 6.04 Å². The number of fused-ring (bicyclic) bond motifs is 3. The molecule has 1 aromatic heterocycles. The van der Waals surface area contributed by atoms with Gasteiger partial charge >= 0.3 is 0 Å². The van der Waals surface area contributed by atoms with E-state index in [9.17, 15) is 0 Å². The molecule has 0 radical (unpaired) electrons. The van der Waals surface area contributed by atoms with Crippen LogP contribution in [0.5, 0.6) is 11.5 Å². The topological polar surface area (TPSA) is 77.7 Å². The molecule has 3 aromatic rings. The lowest BCUT2D eigenvalue weighted by Gasteiger charge is -2.39. The molecule has 3 heterocycles. The van der Waals surface area contributed by atoms with Crippen LogP contribution in [0.1, 0.15) is 49.8 Å². The van der Waals surface area contributed by atoms with Crippen molar-refractivity contribution in [2.24, 2.45) is 4.99 Å². The number of benzene rings is 2. The molecule has 2 aliphatic rings. The number of hydrogen-bond donors (Lipinski definition) is 0. The van der Waals surface area contributed by atoms with Crippen LogP contribution in [0.4, 0.5) is 0 Å². The predicted octanol–water partition coefficient (Wildman–Crippen LogP) is 3.80. The Morgan fingerprint density at radius 3 is 2.35 bits per heavy atom. The lowest BCUT2D eigenvalue weighted by atomic mass is 9.79. The molecular formula is C26H32N6O2. The molecule has 8 heteroatoms. The molecule has 2 aromatic carbocycles. The number of ether oxygens (including phenoxy) is 2. The summed E-state index contributed by atoms with van der Waals surface area (Å²) in [5.41, 5.74) is 5.47. The van der Waals surface area contributed by atoms with Gasteiger partial charge in [-0.1, -0.05) is 24.3 Å². The summed E-state index contributed by atoms with van der Waals surface area (Å²) >= 11 is 0. The zero-order valence-corrected chi connectivity index (χ0v) is 20.4. The van der Waals surface area contributed by atoms with Crippen LogP contribution in [0.15, 0.2) is 41.4 Å². The Morgan fingerprint density at radius 2 is 1.68 bits per heavy atom. The van der Waals surface area contributed by atoms with E-state index in [1.54, 1.807) is 4.80 Å². The molecule has 1 saturated heterocycles. The average molecular weight is 461 g/mol. The molecule has 34 heavy (non-hydrogen) atoms. The number of aryl methyl sites for hydroxylation is 1. The highest BCUT2D eigenvalue weighted by atomic mass is 16.5. The Labute approximate surface area is 200 Å². The number of likely N-dealkylation sites (N-methyl/N-ethyl adjacent to an activating group) is 1. The minimum absolute atomic E-state index is 0.261. The number of hydrogen-bond acceptors (Lipinski definition) is 7. The lowest BCUT2D eigenvalue weighted by molar-refractivity contribution is 0.226. The van der Waals surface area contributed by atoms with Gasteiger partial charge in [0, 0.05) is 29.2 Å². The third kappa shape index (κ3) is 4.18. The molecule has 2 aliphatic heterocycles. The summed E-state index contributed by atoms with van der Waals surface area (Å²) in [7, 11) is 2.19. The lowest BCUT2D eigenvalue weighted by Crippen LogP contribution is -2.41. The van der Waals surface area contributed by atoms with Gasteiger partial charge in [-0.25, -0.2) is 0 Å². The second kappa shape index (κ2) is 9.54. The van der Waals surface area contributed by atoms with Gasteiger partial charge in [0.2, 0.25) is 5.82 Å². The van der Waals surface area contributed by atoms with Crippen molar-refractivity contribution in [2.75, 3.05) is 33.4 Å². The second-order valence-electron chi connectivity index (χ2n) is 8.83. The first-order valence-electron chi connectivity index (χ1n) is 12.2. The smallest absolute Gasteiger partial charge is 0.204 e. The molecule has 0 aliphatic carbocycles. The van der Waals surface area contributed by atoms with E-state index in [1.165, 1.54) is 5.56 Å². The molecule has 0 saturated carbocycles. The molecular weight excluding hydrogens is 428 g/mol. The summed E-state index contributed by atoms with van der Waals surface area (Å²) in [6.07, 6.45) is 1.05. The first kappa shape index (κ1) is 22.5. The van der Waals surface area contributed by atoms with E-state index in [4.69, 9.17) is 14.5 Å². The monoisotopic (exact) mass is 460 g/mol. The van der Waals surface area contributed by atoms with Gasteiger partial charge in [-0.05, 0) is 63.7 Å². The average Bonchev–Trinajstić information content (AvgIpc) is 3.34. The van der Waals surface area contributed by atoms with Crippen molar-refractivity contribution < 1.29 is 9.47 Å². The number of likely N-dealkylation sites (tertiary alicyclic amines) is 1. The number of aliphatic imine (C=N–C) groups is 1. The Bertz CT molecular complexity index is 1190. The van der Waals surface area contributed by atoms with E-state index < -0.39 is 0 Å². The van der Waals surface area contributed by atoms with Gasteiger partial charge in [-0.2, -0.15) is 4.80 Å². The van der Waals surface area contributed by atoms with E-state index in [1.807, 2.05) is 32.9 Å². The van der Waals surface area contributed by atoms with Gasteiger partial charge < -0.3 is 14.4 Å².